The summed E-state index contributed by atoms with van der Waals surface area (Å²) in [5.74, 6) is -2.19. The highest BCUT2D eigenvalue weighted by molar-refractivity contribution is 6.35. The molecule has 2 saturated heterocycles. The fraction of sp³-hybridized carbons (Fsp3) is 0.786. The van der Waals surface area contributed by atoms with E-state index in [1.165, 1.54) is 13.8 Å². The normalized spacial score (nSPS) is 23.9. The summed E-state index contributed by atoms with van der Waals surface area (Å²) in [6.45, 7) is 14.8. The van der Waals surface area contributed by atoms with Crippen LogP contribution in [0.3, 0.4) is 0 Å². The smallest absolute Gasteiger partial charge is 0.508 e. The molecule has 3 atom stereocenters. The number of esters is 1. The molecule has 0 radical (unpaired) electrons. The molecule has 216 valence electrons. The first-order valence-electron chi connectivity index (χ1n) is 13.3. The van der Waals surface area contributed by atoms with Gasteiger partial charge in [-0.15, -0.1) is 0 Å². The van der Waals surface area contributed by atoms with Crippen molar-refractivity contribution in [1.29, 1.82) is 0 Å². The number of methoxy groups -OCH3 is 1. The molecule has 38 heavy (non-hydrogen) atoms. The first-order valence-corrected chi connectivity index (χ1v) is 13.3. The lowest BCUT2D eigenvalue weighted by Crippen LogP contribution is -2.57. The molecule has 0 aromatic rings. The Morgan fingerprint density at radius 2 is 1.74 bits per heavy atom. The zero-order valence-electron chi connectivity index (χ0n) is 24.3. The van der Waals surface area contributed by atoms with E-state index >= 15 is 0 Å². The van der Waals surface area contributed by atoms with Crippen LogP contribution in [0.1, 0.15) is 87.5 Å². The Kier molecular flexibility index (Phi) is 10.0. The van der Waals surface area contributed by atoms with Crippen LogP contribution in [0.25, 0.3) is 0 Å². The zero-order chi connectivity index (χ0) is 29.1. The average molecular weight is 540 g/mol. The third-order valence-corrected chi connectivity index (χ3v) is 6.95. The van der Waals surface area contributed by atoms with E-state index in [0.29, 0.717) is 18.3 Å². The van der Waals surface area contributed by atoms with Crippen LogP contribution >= 0.6 is 0 Å². The number of fused-ring (bicyclic) bond motifs is 1. The molecule has 2 rings (SSSR count). The zero-order valence-corrected chi connectivity index (χ0v) is 24.3. The van der Waals surface area contributed by atoms with Crippen molar-refractivity contribution in [1.82, 2.24) is 4.90 Å². The summed E-state index contributed by atoms with van der Waals surface area (Å²) in [6.07, 6.45) is 1.90. The number of Topliss-reactive ketones (excluding diaryl/α,β-unsaturated/α-hetero) is 1. The standard InChI is InChI=1S/C28H45NO9/c1-17(2)11-10-12-18(3)13-14-36-25(34)38-27(7,8)15-19(30)20-21(31)28(24(33)35-9)16-37-23(26(4,5)6)29(28)22(20)32/h17-18,23,30H,10-16H2,1-9H3/b20-19-/t18?,23-,28-/m1/s1. The number of aliphatic hydroxyl groups is 1. The van der Waals surface area contributed by atoms with Gasteiger partial charge in [0.15, 0.2) is 0 Å². The molecule has 0 aromatic heterocycles. The first kappa shape index (κ1) is 31.6. The molecule has 0 saturated carbocycles. The molecule has 2 aliphatic rings. The van der Waals surface area contributed by atoms with Crippen molar-refractivity contribution in [2.75, 3.05) is 20.3 Å². The van der Waals surface area contributed by atoms with Crippen LogP contribution in [0.5, 0.6) is 0 Å². The molecule has 0 spiro atoms. The van der Waals surface area contributed by atoms with Gasteiger partial charge in [0.25, 0.3) is 5.91 Å². The molecule has 2 fully saturated rings. The number of aliphatic hydroxyl groups excluding tert-OH is 1. The van der Waals surface area contributed by atoms with Gasteiger partial charge in [0.1, 0.15) is 23.2 Å². The van der Waals surface area contributed by atoms with E-state index in [4.69, 9.17) is 18.9 Å². The van der Waals surface area contributed by atoms with E-state index in [1.807, 2.05) is 0 Å². The number of ketones is 1. The number of carbonyl (C=O) groups is 4. The summed E-state index contributed by atoms with van der Waals surface area (Å²) >= 11 is 0. The van der Waals surface area contributed by atoms with Crippen LogP contribution in [0.2, 0.25) is 0 Å². The fourth-order valence-corrected chi connectivity index (χ4v) is 4.88. The van der Waals surface area contributed by atoms with Gasteiger partial charge in [0, 0.05) is 11.8 Å². The van der Waals surface area contributed by atoms with Gasteiger partial charge in [-0.25, -0.2) is 9.59 Å². The highest BCUT2D eigenvalue weighted by Gasteiger charge is 2.70. The first-order chi connectivity index (χ1) is 17.5. The molecule has 1 amide bonds. The minimum absolute atomic E-state index is 0.201. The number of rotatable bonds is 11. The topological polar surface area (TPSA) is 129 Å². The second-order valence-electron chi connectivity index (χ2n) is 12.6. The lowest BCUT2D eigenvalue weighted by molar-refractivity contribution is -0.160. The Morgan fingerprint density at radius 1 is 1.11 bits per heavy atom. The van der Waals surface area contributed by atoms with Gasteiger partial charge >= 0.3 is 12.1 Å². The lowest BCUT2D eigenvalue weighted by Gasteiger charge is -2.35. The number of hydrogen-bond acceptors (Lipinski definition) is 9. The van der Waals surface area contributed by atoms with Gasteiger partial charge in [-0.3, -0.25) is 14.5 Å². The molecule has 0 aromatic carbocycles. The van der Waals surface area contributed by atoms with E-state index in [0.717, 1.165) is 31.3 Å². The number of ether oxygens (including phenoxy) is 4. The molecule has 2 heterocycles. The van der Waals surface area contributed by atoms with Crippen molar-refractivity contribution >= 4 is 23.8 Å². The molecule has 1 unspecified atom stereocenters. The van der Waals surface area contributed by atoms with Crippen molar-refractivity contribution in [2.24, 2.45) is 17.3 Å². The second-order valence-corrected chi connectivity index (χ2v) is 12.6. The Bertz CT molecular complexity index is 946. The van der Waals surface area contributed by atoms with Crippen molar-refractivity contribution < 1.29 is 43.2 Å². The Morgan fingerprint density at radius 3 is 2.29 bits per heavy atom. The van der Waals surface area contributed by atoms with Gasteiger partial charge in [-0.2, -0.15) is 0 Å². The van der Waals surface area contributed by atoms with Crippen LogP contribution in [0, 0.1) is 17.3 Å². The molecular weight excluding hydrogens is 494 g/mol. The Balaban J connectivity index is 2.10. The predicted molar refractivity (Wildman–Crippen MR) is 139 cm³/mol. The number of hydrogen-bond donors (Lipinski definition) is 1. The van der Waals surface area contributed by atoms with E-state index in [1.54, 1.807) is 20.8 Å². The molecule has 2 aliphatic heterocycles. The minimum Gasteiger partial charge on any atom is -0.511 e. The summed E-state index contributed by atoms with van der Waals surface area (Å²) in [4.78, 5) is 53.0. The summed E-state index contributed by atoms with van der Waals surface area (Å²) < 4.78 is 21.2. The van der Waals surface area contributed by atoms with E-state index in [2.05, 4.69) is 20.8 Å². The molecule has 10 heteroatoms. The average Bonchev–Trinajstić information content (AvgIpc) is 3.28. The summed E-state index contributed by atoms with van der Waals surface area (Å²) in [7, 11) is 1.12. The van der Waals surface area contributed by atoms with E-state index < -0.39 is 57.9 Å². The number of carbonyl (C=O) groups excluding carboxylic acids is 4. The quantitative estimate of drug-likeness (QED) is 0.131. The molecular formula is C28H45NO9. The lowest BCUT2D eigenvalue weighted by atomic mass is 9.90. The van der Waals surface area contributed by atoms with Crippen molar-refractivity contribution in [3.63, 3.8) is 0 Å². The van der Waals surface area contributed by atoms with E-state index in [9.17, 15) is 24.3 Å². The monoisotopic (exact) mass is 539 g/mol. The Labute approximate surface area is 226 Å². The largest absolute Gasteiger partial charge is 0.511 e. The van der Waals surface area contributed by atoms with Crippen LogP contribution < -0.4 is 0 Å². The molecule has 10 nitrogen and oxygen atoms in total. The summed E-state index contributed by atoms with van der Waals surface area (Å²) in [6, 6.07) is 0. The maximum atomic E-state index is 13.5. The highest BCUT2D eigenvalue weighted by Crippen LogP contribution is 2.45. The summed E-state index contributed by atoms with van der Waals surface area (Å²) in [5.41, 5.74) is -4.48. The molecule has 0 bridgehead atoms. The van der Waals surface area contributed by atoms with Crippen molar-refractivity contribution in [3.05, 3.63) is 11.3 Å². The maximum Gasteiger partial charge on any atom is 0.508 e. The minimum atomic E-state index is -2.01. The third-order valence-electron chi connectivity index (χ3n) is 6.95. The van der Waals surface area contributed by atoms with Crippen LogP contribution in [0.4, 0.5) is 4.79 Å². The second kappa shape index (κ2) is 12.1. The fourth-order valence-electron chi connectivity index (χ4n) is 4.88. The van der Waals surface area contributed by atoms with Gasteiger partial charge < -0.3 is 24.1 Å². The highest BCUT2D eigenvalue weighted by atomic mass is 16.7. The van der Waals surface area contributed by atoms with Crippen molar-refractivity contribution in [3.8, 4) is 0 Å². The summed E-state index contributed by atoms with van der Waals surface area (Å²) in [5, 5.41) is 10.9. The SMILES string of the molecule is COC(=O)[C@]12CO[C@H](C(C)(C)C)N1C(=O)/C(=C(\O)CC(C)(C)OC(=O)OCCC(C)CCCC(C)C)C2=O. The molecule has 1 N–H and O–H groups in total. The van der Waals surface area contributed by atoms with Gasteiger partial charge in [-0.1, -0.05) is 60.8 Å². The van der Waals surface area contributed by atoms with Crippen LogP contribution in [-0.4, -0.2) is 71.5 Å². The maximum absolute atomic E-state index is 13.5. The van der Waals surface area contributed by atoms with Crippen LogP contribution in [0.15, 0.2) is 11.3 Å². The van der Waals surface area contributed by atoms with Gasteiger partial charge in [0.2, 0.25) is 11.3 Å². The molecule has 0 aliphatic carbocycles. The van der Waals surface area contributed by atoms with Crippen molar-refractivity contribution in [2.45, 2.75) is 105 Å². The third kappa shape index (κ3) is 6.87. The number of nitrogens with zero attached hydrogens (tertiary/aromatic N) is 1. The van der Waals surface area contributed by atoms with Gasteiger partial charge in [0.05, 0.1) is 20.3 Å². The van der Waals surface area contributed by atoms with Crippen LogP contribution in [-0.2, 0) is 33.3 Å². The Hall–Kier alpha value is -2.62. The van der Waals surface area contributed by atoms with E-state index in [-0.39, 0.29) is 19.6 Å². The van der Waals surface area contributed by atoms with Gasteiger partial charge in [-0.05, 0) is 32.1 Å². The predicted octanol–water partition coefficient (Wildman–Crippen LogP) is 4.70. The number of amides is 1.